The normalized spacial score (nSPS) is 10.7. The number of nitrogens with one attached hydrogen (secondary N) is 1. The third-order valence-electron chi connectivity index (χ3n) is 2.27. The van der Waals surface area contributed by atoms with E-state index in [9.17, 15) is 23.7 Å². The standard InChI is InChI=1S/C12H10F2N2O3/c1-4-12(2,3)15-11(17)7-5-8(13)9(14)6-10(7)16(18)19/h1,5-6H,2-3H3,(H,15,17). The highest BCUT2D eigenvalue weighted by atomic mass is 19.2. The van der Waals surface area contributed by atoms with Crippen molar-refractivity contribution < 1.29 is 18.5 Å². The second-order valence-corrected chi connectivity index (χ2v) is 4.26. The van der Waals surface area contributed by atoms with Crippen molar-refractivity contribution in [1.29, 1.82) is 0 Å². The highest BCUT2D eigenvalue weighted by Crippen LogP contribution is 2.22. The van der Waals surface area contributed by atoms with Gasteiger partial charge in [-0.25, -0.2) is 8.78 Å². The van der Waals surface area contributed by atoms with Crippen molar-refractivity contribution in [2.45, 2.75) is 19.4 Å². The molecule has 0 saturated carbocycles. The Morgan fingerprint density at radius 1 is 1.42 bits per heavy atom. The lowest BCUT2D eigenvalue weighted by Crippen LogP contribution is -2.42. The van der Waals surface area contributed by atoms with Gasteiger partial charge in [-0.15, -0.1) is 6.42 Å². The van der Waals surface area contributed by atoms with E-state index in [1.54, 1.807) is 0 Å². The molecular formula is C12H10F2N2O3. The quantitative estimate of drug-likeness (QED) is 0.518. The summed E-state index contributed by atoms with van der Waals surface area (Å²) >= 11 is 0. The molecule has 0 bridgehead atoms. The van der Waals surface area contributed by atoms with Gasteiger partial charge in [-0.1, -0.05) is 5.92 Å². The van der Waals surface area contributed by atoms with E-state index in [2.05, 4.69) is 11.2 Å². The molecule has 0 spiro atoms. The Morgan fingerprint density at radius 2 is 1.95 bits per heavy atom. The van der Waals surface area contributed by atoms with Crippen LogP contribution in [0.1, 0.15) is 24.2 Å². The Kier molecular flexibility index (Phi) is 3.85. The van der Waals surface area contributed by atoms with Gasteiger partial charge >= 0.3 is 0 Å². The molecule has 0 heterocycles. The summed E-state index contributed by atoms with van der Waals surface area (Å²) in [5.74, 6) is -1.46. The maximum atomic E-state index is 13.1. The topological polar surface area (TPSA) is 72.2 Å². The van der Waals surface area contributed by atoms with E-state index in [1.165, 1.54) is 13.8 Å². The lowest BCUT2D eigenvalue weighted by molar-refractivity contribution is -0.385. The van der Waals surface area contributed by atoms with Crippen LogP contribution in [0.4, 0.5) is 14.5 Å². The van der Waals surface area contributed by atoms with Crippen LogP contribution in [-0.4, -0.2) is 16.4 Å². The first kappa shape index (κ1) is 14.6. The summed E-state index contributed by atoms with van der Waals surface area (Å²) in [6, 6.07) is 0.822. The van der Waals surface area contributed by atoms with Gasteiger partial charge in [0.2, 0.25) is 0 Å². The molecule has 1 amide bonds. The molecule has 100 valence electrons. The maximum Gasteiger partial charge on any atom is 0.285 e. The number of benzene rings is 1. The van der Waals surface area contributed by atoms with Gasteiger partial charge in [-0.2, -0.15) is 0 Å². The first-order valence-electron chi connectivity index (χ1n) is 5.11. The van der Waals surface area contributed by atoms with Gasteiger partial charge in [-0.3, -0.25) is 14.9 Å². The summed E-state index contributed by atoms with van der Waals surface area (Å²) in [4.78, 5) is 21.6. The van der Waals surface area contributed by atoms with Crippen molar-refractivity contribution in [2.75, 3.05) is 0 Å². The molecule has 1 N–H and O–H groups in total. The Balaban J connectivity index is 3.27. The molecule has 5 nitrogen and oxygen atoms in total. The molecule has 1 aromatic carbocycles. The van der Waals surface area contributed by atoms with E-state index in [0.717, 1.165) is 0 Å². The third-order valence-corrected chi connectivity index (χ3v) is 2.27. The number of carbonyl (C=O) groups is 1. The maximum absolute atomic E-state index is 13.1. The molecule has 0 fully saturated rings. The van der Waals surface area contributed by atoms with E-state index in [1.807, 2.05) is 0 Å². The van der Waals surface area contributed by atoms with Crippen molar-refractivity contribution in [3.05, 3.63) is 39.4 Å². The minimum Gasteiger partial charge on any atom is -0.336 e. The zero-order valence-electron chi connectivity index (χ0n) is 10.2. The molecule has 0 unspecified atom stereocenters. The molecule has 0 aliphatic carbocycles. The molecule has 0 aromatic heterocycles. The molecule has 0 aliphatic rings. The minimum atomic E-state index is -1.40. The first-order chi connectivity index (χ1) is 8.68. The summed E-state index contributed by atoms with van der Waals surface area (Å²) in [6.07, 6.45) is 5.15. The number of nitro benzene ring substituents is 1. The predicted octanol–water partition coefficient (Wildman–Crippen LogP) is 2.01. The molecule has 7 heteroatoms. The van der Waals surface area contributed by atoms with Crippen molar-refractivity contribution in [3.63, 3.8) is 0 Å². The van der Waals surface area contributed by atoms with Crippen LogP contribution in [0.15, 0.2) is 12.1 Å². The van der Waals surface area contributed by atoms with Crippen molar-refractivity contribution in [3.8, 4) is 12.3 Å². The molecule has 1 aromatic rings. The lowest BCUT2D eigenvalue weighted by atomic mass is 10.1. The van der Waals surface area contributed by atoms with Crippen LogP contribution in [0.5, 0.6) is 0 Å². The molecule has 0 atom stereocenters. The Morgan fingerprint density at radius 3 is 2.42 bits per heavy atom. The summed E-state index contributed by atoms with van der Waals surface area (Å²) < 4.78 is 26.0. The van der Waals surface area contributed by atoms with Crippen LogP contribution in [0.2, 0.25) is 0 Å². The number of rotatable bonds is 3. The molecule has 0 aliphatic heterocycles. The largest absolute Gasteiger partial charge is 0.336 e. The number of terminal acetylenes is 1. The number of halogens is 2. The van der Waals surface area contributed by atoms with E-state index < -0.39 is 39.3 Å². The highest BCUT2D eigenvalue weighted by molar-refractivity contribution is 5.98. The van der Waals surface area contributed by atoms with Crippen LogP contribution >= 0.6 is 0 Å². The molecule has 19 heavy (non-hydrogen) atoms. The van der Waals surface area contributed by atoms with Gasteiger partial charge in [0.15, 0.2) is 11.6 Å². The average molecular weight is 268 g/mol. The lowest BCUT2D eigenvalue weighted by Gasteiger charge is -2.19. The van der Waals surface area contributed by atoms with Gasteiger partial charge in [0.1, 0.15) is 5.56 Å². The van der Waals surface area contributed by atoms with E-state index >= 15 is 0 Å². The Labute approximate surface area is 107 Å². The fourth-order valence-corrected chi connectivity index (χ4v) is 1.26. The SMILES string of the molecule is C#CC(C)(C)NC(=O)c1cc(F)c(F)cc1[N+](=O)[O-]. The van der Waals surface area contributed by atoms with Crippen LogP contribution in [0, 0.1) is 34.1 Å². The van der Waals surface area contributed by atoms with Crippen molar-refractivity contribution in [2.24, 2.45) is 0 Å². The second-order valence-electron chi connectivity index (χ2n) is 4.26. The minimum absolute atomic E-state index is 0.354. The van der Waals surface area contributed by atoms with E-state index in [0.29, 0.717) is 12.1 Å². The predicted molar refractivity (Wildman–Crippen MR) is 63.4 cm³/mol. The van der Waals surface area contributed by atoms with Crippen molar-refractivity contribution in [1.82, 2.24) is 5.32 Å². The summed E-state index contributed by atoms with van der Waals surface area (Å²) in [7, 11) is 0. The van der Waals surface area contributed by atoms with Gasteiger partial charge in [0, 0.05) is 0 Å². The highest BCUT2D eigenvalue weighted by Gasteiger charge is 2.27. The van der Waals surface area contributed by atoms with E-state index in [4.69, 9.17) is 6.42 Å². The molecule has 1 rings (SSSR count). The van der Waals surface area contributed by atoms with Crippen LogP contribution < -0.4 is 5.32 Å². The summed E-state index contributed by atoms with van der Waals surface area (Å²) in [6.45, 7) is 2.97. The number of hydrogen-bond acceptors (Lipinski definition) is 3. The smallest absolute Gasteiger partial charge is 0.285 e. The van der Waals surface area contributed by atoms with Gasteiger partial charge in [0.25, 0.3) is 11.6 Å². The number of carbonyl (C=O) groups excluding carboxylic acids is 1. The Hall–Kier alpha value is -2.49. The van der Waals surface area contributed by atoms with Gasteiger partial charge in [-0.05, 0) is 19.9 Å². The zero-order chi connectivity index (χ0) is 14.8. The molecular weight excluding hydrogens is 258 g/mol. The second kappa shape index (κ2) is 5.02. The van der Waals surface area contributed by atoms with Crippen molar-refractivity contribution >= 4 is 11.6 Å². The summed E-state index contributed by atoms with van der Waals surface area (Å²) in [5, 5.41) is 13.0. The van der Waals surface area contributed by atoms with E-state index in [-0.39, 0.29) is 0 Å². The van der Waals surface area contributed by atoms with Gasteiger partial charge < -0.3 is 5.32 Å². The molecule has 0 radical (unpaired) electrons. The number of nitrogens with zero attached hydrogens (tertiary/aromatic N) is 1. The van der Waals surface area contributed by atoms with Crippen LogP contribution in [0.3, 0.4) is 0 Å². The molecule has 0 saturated heterocycles. The van der Waals surface area contributed by atoms with Gasteiger partial charge in [0.05, 0.1) is 16.5 Å². The fourth-order valence-electron chi connectivity index (χ4n) is 1.26. The zero-order valence-corrected chi connectivity index (χ0v) is 10.2. The number of hydrogen-bond donors (Lipinski definition) is 1. The average Bonchev–Trinajstić information content (AvgIpc) is 2.31. The third kappa shape index (κ3) is 3.25. The number of nitro groups is 1. The monoisotopic (exact) mass is 268 g/mol. The summed E-state index contributed by atoms with van der Waals surface area (Å²) in [5.41, 5.74) is -2.49. The number of amides is 1. The van der Waals surface area contributed by atoms with Crippen LogP contribution in [0.25, 0.3) is 0 Å². The Bertz CT molecular complexity index is 591. The van der Waals surface area contributed by atoms with Crippen LogP contribution in [-0.2, 0) is 0 Å². The first-order valence-corrected chi connectivity index (χ1v) is 5.11. The fraction of sp³-hybridized carbons (Fsp3) is 0.250.